The van der Waals surface area contributed by atoms with Gasteiger partial charge in [0, 0.05) is 25.7 Å². The van der Waals surface area contributed by atoms with Crippen molar-refractivity contribution in [3.8, 4) is 0 Å². The Balaban J connectivity index is 5.20. The summed E-state index contributed by atoms with van der Waals surface area (Å²) >= 11 is 0. The van der Waals surface area contributed by atoms with Crippen molar-refractivity contribution in [2.75, 3.05) is 39.6 Å². The number of carbonyl (C=O) groups is 4. The summed E-state index contributed by atoms with van der Waals surface area (Å²) in [6.45, 7) is 11.8. The van der Waals surface area contributed by atoms with Gasteiger partial charge in [-0.2, -0.15) is 0 Å². The van der Waals surface area contributed by atoms with E-state index in [2.05, 4.69) is 48.5 Å². The summed E-state index contributed by atoms with van der Waals surface area (Å²) in [5, 5.41) is 10.6. The molecule has 0 rings (SSSR count). The summed E-state index contributed by atoms with van der Waals surface area (Å²) in [5.41, 5.74) is 0. The van der Waals surface area contributed by atoms with Crippen LogP contribution in [0.15, 0.2) is 0 Å². The summed E-state index contributed by atoms with van der Waals surface area (Å²) < 4.78 is 68.2. The highest BCUT2D eigenvalue weighted by Gasteiger charge is 2.30. The quantitative estimate of drug-likeness (QED) is 0.0222. The molecule has 0 radical (unpaired) electrons. The number of hydrogen-bond donors (Lipinski definition) is 3. The van der Waals surface area contributed by atoms with Crippen LogP contribution in [0.5, 0.6) is 0 Å². The highest BCUT2D eigenvalue weighted by molar-refractivity contribution is 7.47. The van der Waals surface area contributed by atoms with E-state index in [1.165, 1.54) is 167 Å². The summed E-state index contributed by atoms with van der Waals surface area (Å²) in [6.07, 6.45) is 45.9. The third kappa shape index (κ3) is 63.5. The van der Waals surface area contributed by atoms with Crippen molar-refractivity contribution in [2.45, 2.75) is 375 Å². The van der Waals surface area contributed by atoms with Crippen LogP contribution in [0.1, 0.15) is 357 Å². The number of aliphatic hydroxyl groups is 1. The number of esters is 4. The standard InChI is InChI=1S/C71H138O17P2/c1-8-10-11-12-13-23-30-38-45-52-68(73)81-59-67(88-71(76)55-48-41-34-33-37-44-51-64(7)9-2)61-86-90(79,80)84-57-65(72)56-83-89(77,78)85-60-66(58-82-69(74)53-46-39-31-27-22-25-29-36-43-50-63(5)6)87-70(75)54-47-40-32-26-21-19-17-15-14-16-18-20-24-28-35-42-49-62(3)4/h62-67,72H,8-61H2,1-7H3,(H,77,78)(H,79,80)/t64?,65-,66-,67-/m1/s1. The number of unbranched alkanes of at least 4 members (excludes halogenated alkanes) is 36. The summed E-state index contributed by atoms with van der Waals surface area (Å²) in [6, 6.07) is 0. The molecule has 6 atom stereocenters. The molecule has 0 bridgehead atoms. The van der Waals surface area contributed by atoms with Crippen LogP contribution in [-0.4, -0.2) is 96.7 Å². The Morgan fingerprint density at radius 3 is 0.844 bits per heavy atom. The largest absolute Gasteiger partial charge is 0.472 e. The average Bonchev–Trinajstić information content (AvgIpc) is 2.33. The normalized spacial score (nSPS) is 14.5. The maximum atomic E-state index is 13.0. The zero-order chi connectivity index (χ0) is 66.6. The molecule has 534 valence electrons. The van der Waals surface area contributed by atoms with Gasteiger partial charge in [0.1, 0.15) is 19.3 Å². The Bertz CT molecular complexity index is 1770. The molecule has 0 aliphatic rings. The monoisotopic (exact) mass is 1320 g/mol. The van der Waals surface area contributed by atoms with E-state index < -0.39 is 97.5 Å². The van der Waals surface area contributed by atoms with Crippen molar-refractivity contribution in [2.24, 2.45) is 17.8 Å². The molecule has 17 nitrogen and oxygen atoms in total. The van der Waals surface area contributed by atoms with Gasteiger partial charge in [0.25, 0.3) is 0 Å². The van der Waals surface area contributed by atoms with Gasteiger partial charge in [0.2, 0.25) is 0 Å². The molecule has 0 aromatic carbocycles. The lowest BCUT2D eigenvalue weighted by Gasteiger charge is -2.21. The van der Waals surface area contributed by atoms with Crippen LogP contribution in [0.3, 0.4) is 0 Å². The second-order valence-electron chi connectivity index (χ2n) is 26.8. The maximum Gasteiger partial charge on any atom is 0.472 e. The molecule has 3 N–H and O–H groups in total. The maximum absolute atomic E-state index is 13.0. The van der Waals surface area contributed by atoms with Gasteiger partial charge in [-0.3, -0.25) is 37.3 Å². The first-order chi connectivity index (χ1) is 43.3. The van der Waals surface area contributed by atoms with Crippen LogP contribution in [0, 0.1) is 17.8 Å². The fraction of sp³-hybridized carbons (Fsp3) is 0.944. The van der Waals surface area contributed by atoms with Crippen LogP contribution in [0.4, 0.5) is 0 Å². The van der Waals surface area contributed by atoms with Gasteiger partial charge in [-0.25, -0.2) is 9.13 Å². The molecule has 0 saturated heterocycles. The zero-order valence-electron chi connectivity index (χ0n) is 58.6. The molecule has 0 aliphatic heterocycles. The molecule has 0 heterocycles. The van der Waals surface area contributed by atoms with Gasteiger partial charge in [0.15, 0.2) is 12.2 Å². The molecule has 3 unspecified atom stereocenters. The fourth-order valence-electron chi connectivity index (χ4n) is 10.7. The van der Waals surface area contributed by atoms with Gasteiger partial charge >= 0.3 is 39.5 Å². The summed E-state index contributed by atoms with van der Waals surface area (Å²) in [5.74, 6) is 0.144. The molecule has 19 heteroatoms. The molecule has 0 saturated carbocycles. The van der Waals surface area contributed by atoms with Crippen LogP contribution in [0.25, 0.3) is 0 Å². The van der Waals surface area contributed by atoms with E-state index in [1.54, 1.807) is 0 Å². The van der Waals surface area contributed by atoms with E-state index in [9.17, 15) is 43.2 Å². The Morgan fingerprint density at radius 1 is 0.322 bits per heavy atom. The van der Waals surface area contributed by atoms with Gasteiger partial charge < -0.3 is 33.8 Å². The highest BCUT2D eigenvalue weighted by Crippen LogP contribution is 2.45. The fourth-order valence-corrected chi connectivity index (χ4v) is 12.3. The Kier molecular flexibility index (Phi) is 60.6. The van der Waals surface area contributed by atoms with Gasteiger partial charge in [-0.05, 0) is 43.4 Å². The minimum atomic E-state index is -4.95. The minimum Gasteiger partial charge on any atom is -0.462 e. The van der Waals surface area contributed by atoms with Crippen molar-refractivity contribution in [1.82, 2.24) is 0 Å². The lowest BCUT2D eigenvalue weighted by Crippen LogP contribution is -2.30. The first-order valence-electron chi connectivity index (χ1n) is 36.9. The molecular formula is C71H138O17P2. The number of rotatable bonds is 69. The van der Waals surface area contributed by atoms with E-state index in [0.29, 0.717) is 25.7 Å². The number of phosphoric acid groups is 2. The molecule has 0 aliphatic carbocycles. The smallest absolute Gasteiger partial charge is 0.462 e. The molecule has 0 aromatic heterocycles. The van der Waals surface area contributed by atoms with Crippen LogP contribution in [0.2, 0.25) is 0 Å². The molecule has 0 aromatic rings. The molecule has 90 heavy (non-hydrogen) atoms. The topological polar surface area (TPSA) is 237 Å². The number of carbonyl (C=O) groups excluding carboxylic acids is 4. The Labute approximate surface area is 549 Å². The van der Waals surface area contributed by atoms with Crippen molar-refractivity contribution in [3.63, 3.8) is 0 Å². The van der Waals surface area contributed by atoms with Crippen LogP contribution < -0.4 is 0 Å². The van der Waals surface area contributed by atoms with Crippen molar-refractivity contribution in [3.05, 3.63) is 0 Å². The second kappa shape index (κ2) is 61.9. The van der Waals surface area contributed by atoms with E-state index >= 15 is 0 Å². The van der Waals surface area contributed by atoms with Crippen molar-refractivity contribution < 1.29 is 80.2 Å². The lowest BCUT2D eigenvalue weighted by molar-refractivity contribution is -0.161. The summed E-state index contributed by atoms with van der Waals surface area (Å²) in [4.78, 5) is 72.5. The Hall–Kier alpha value is -1.94. The second-order valence-corrected chi connectivity index (χ2v) is 29.7. The predicted molar refractivity (Wildman–Crippen MR) is 363 cm³/mol. The summed E-state index contributed by atoms with van der Waals surface area (Å²) in [7, 11) is -9.90. The molecule has 0 amide bonds. The predicted octanol–water partition coefficient (Wildman–Crippen LogP) is 20.2. The van der Waals surface area contributed by atoms with Gasteiger partial charge in [-0.15, -0.1) is 0 Å². The first kappa shape index (κ1) is 88.1. The Morgan fingerprint density at radius 2 is 0.567 bits per heavy atom. The van der Waals surface area contributed by atoms with Crippen LogP contribution in [-0.2, 0) is 65.4 Å². The average molecular weight is 1330 g/mol. The van der Waals surface area contributed by atoms with Gasteiger partial charge in [0.05, 0.1) is 26.4 Å². The van der Waals surface area contributed by atoms with Crippen molar-refractivity contribution >= 4 is 39.5 Å². The molecule has 0 spiro atoms. The zero-order valence-corrected chi connectivity index (χ0v) is 60.4. The lowest BCUT2D eigenvalue weighted by atomic mass is 10.00. The van der Waals surface area contributed by atoms with E-state index in [4.69, 9.17) is 37.0 Å². The number of ether oxygens (including phenoxy) is 4. The molecule has 0 fully saturated rings. The first-order valence-corrected chi connectivity index (χ1v) is 39.9. The van der Waals surface area contributed by atoms with Crippen LogP contribution >= 0.6 is 15.6 Å². The van der Waals surface area contributed by atoms with Crippen molar-refractivity contribution in [1.29, 1.82) is 0 Å². The number of aliphatic hydroxyl groups excluding tert-OH is 1. The van der Waals surface area contributed by atoms with Gasteiger partial charge in [-0.1, -0.05) is 305 Å². The highest BCUT2D eigenvalue weighted by atomic mass is 31.2. The minimum absolute atomic E-state index is 0.103. The number of hydrogen-bond acceptors (Lipinski definition) is 15. The van der Waals surface area contributed by atoms with E-state index in [-0.39, 0.29) is 25.7 Å². The van der Waals surface area contributed by atoms with E-state index in [0.717, 1.165) is 108 Å². The van der Waals surface area contributed by atoms with E-state index in [1.807, 2.05) is 0 Å². The third-order valence-corrected chi connectivity index (χ3v) is 18.6. The third-order valence-electron chi connectivity index (χ3n) is 16.7. The molecular weight excluding hydrogens is 1190 g/mol. The SMILES string of the molecule is CCCCCCCCCCCC(=O)OC[C@H](COP(=O)(O)OC[C@H](O)COP(=O)(O)OC[C@@H](COC(=O)CCCCCCCCCCCC(C)C)OC(=O)CCCCCCCCCCCCCCCCCCC(C)C)OC(=O)CCCCCCCCC(C)CC. The number of phosphoric ester groups is 2.